The molecule has 9 nitrogen and oxygen atoms in total. The quantitative estimate of drug-likeness (QED) is 0.296. The van der Waals surface area contributed by atoms with Gasteiger partial charge in [-0.1, -0.05) is 21.0 Å². The van der Waals surface area contributed by atoms with Crippen molar-refractivity contribution in [3.05, 3.63) is 43.5 Å². The summed E-state index contributed by atoms with van der Waals surface area (Å²) in [5.74, 6) is -0.332. The smallest absolute Gasteiger partial charge is 0.331 e. The summed E-state index contributed by atoms with van der Waals surface area (Å²) < 4.78 is 2.14. The largest absolute Gasteiger partial charge is 0.396 e. The number of hydrogen-bond acceptors (Lipinski definition) is 5. The number of aromatic nitrogens is 2. The van der Waals surface area contributed by atoms with Gasteiger partial charge in [0.1, 0.15) is 6.17 Å². The van der Waals surface area contributed by atoms with E-state index in [-0.39, 0.29) is 31.0 Å². The molecule has 116 valence electrons. The molecule has 0 bridgehead atoms. The van der Waals surface area contributed by atoms with E-state index in [1.54, 1.807) is 0 Å². The van der Waals surface area contributed by atoms with Gasteiger partial charge in [-0.15, -0.1) is 0 Å². The van der Waals surface area contributed by atoms with Gasteiger partial charge in [0.15, 0.2) is 0 Å². The predicted molar refractivity (Wildman–Crippen MR) is 79.2 cm³/mol. The molecule has 0 spiro atoms. The van der Waals surface area contributed by atoms with Crippen LogP contribution in [0.4, 0.5) is 0 Å². The van der Waals surface area contributed by atoms with Crippen molar-refractivity contribution in [3.8, 4) is 0 Å². The zero-order valence-electron chi connectivity index (χ0n) is 11.2. The van der Waals surface area contributed by atoms with Crippen molar-refractivity contribution in [2.24, 2.45) is 11.0 Å². The fraction of sp³-hybridized carbons (Fsp3) is 0.636. The van der Waals surface area contributed by atoms with Crippen LogP contribution in [0.15, 0.2) is 27.0 Å². The number of aliphatic hydroxyl groups is 2. The molecule has 1 aromatic rings. The maximum absolute atomic E-state index is 12.3. The van der Waals surface area contributed by atoms with Crippen LogP contribution in [0.3, 0.4) is 0 Å². The Morgan fingerprint density at radius 1 is 1.38 bits per heavy atom. The van der Waals surface area contributed by atoms with Crippen LogP contribution >= 0.6 is 15.9 Å². The molecular formula is C11H16BrN5O4. The lowest BCUT2D eigenvalue weighted by atomic mass is 10.1. The van der Waals surface area contributed by atoms with Crippen LogP contribution in [0.25, 0.3) is 10.4 Å². The molecule has 0 fully saturated rings. The first-order chi connectivity index (χ1) is 10.1. The zero-order valence-corrected chi connectivity index (χ0v) is 12.8. The number of hydrogen-bond donors (Lipinski definition) is 2. The van der Waals surface area contributed by atoms with Crippen LogP contribution in [0, 0.1) is 5.92 Å². The molecule has 1 heterocycles. The first kappa shape index (κ1) is 17.4. The lowest BCUT2D eigenvalue weighted by Gasteiger charge is -2.15. The fourth-order valence-electron chi connectivity index (χ4n) is 1.75. The Labute approximate surface area is 128 Å². The molecule has 0 saturated heterocycles. The number of nitrogens with zero attached hydrogens (tertiary/aromatic N) is 5. The van der Waals surface area contributed by atoms with Gasteiger partial charge in [0.05, 0.1) is 0 Å². The first-order valence-corrected chi connectivity index (χ1v) is 7.35. The van der Waals surface area contributed by atoms with E-state index in [9.17, 15) is 9.59 Å². The van der Waals surface area contributed by atoms with Crippen LogP contribution in [-0.4, -0.2) is 37.9 Å². The fourth-order valence-corrected chi connectivity index (χ4v) is 2.17. The van der Waals surface area contributed by atoms with Gasteiger partial charge in [0.25, 0.3) is 5.56 Å². The molecule has 0 unspecified atom stereocenters. The van der Waals surface area contributed by atoms with E-state index in [2.05, 4.69) is 26.0 Å². The van der Waals surface area contributed by atoms with Crippen molar-refractivity contribution >= 4 is 15.9 Å². The third kappa shape index (κ3) is 4.43. The van der Waals surface area contributed by atoms with Gasteiger partial charge >= 0.3 is 5.69 Å². The predicted octanol–water partition coefficient (Wildman–Crippen LogP) is 0.205. The van der Waals surface area contributed by atoms with Gasteiger partial charge in [0, 0.05) is 48.2 Å². The Kier molecular flexibility index (Phi) is 7.17. The second-order valence-corrected chi connectivity index (χ2v) is 5.01. The Morgan fingerprint density at radius 3 is 2.57 bits per heavy atom. The van der Waals surface area contributed by atoms with Crippen LogP contribution < -0.4 is 11.2 Å². The second-order valence-electron chi connectivity index (χ2n) is 4.36. The van der Waals surface area contributed by atoms with Crippen molar-refractivity contribution in [2.45, 2.75) is 19.1 Å². The van der Waals surface area contributed by atoms with E-state index in [4.69, 9.17) is 15.7 Å². The minimum atomic E-state index is -0.950. The maximum Gasteiger partial charge on any atom is 0.331 e. The molecule has 0 aromatic carbocycles. The number of aryl methyl sites for hydroxylation is 1. The normalized spacial score (nSPS) is 12.2. The van der Waals surface area contributed by atoms with E-state index in [0.717, 1.165) is 4.57 Å². The minimum Gasteiger partial charge on any atom is -0.396 e. The second kappa shape index (κ2) is 8.63. The number of rotatable bonds is 8. The van der Waals surface area contributed by atoms with Gasteiger partial charge in [-0.25, -0.2) is 4.79 Å². The van der Waals surface area contributed by atoms with Crippen LogP contribution in [0.2, 0.25) is 0 Å². The molecule has 1 atom stereocenters. The summed E-state index contributed by atoms with van der Waals surface area (Å²) in [6.45, 7) is -0.141. The summed E-state index contributed by atoms with van der Waals surface area (Å²) in [6, 6.07) is 1.21. The number of halogens is 1. The molecule has 0 aliphatic rings. The molecule has 0 radical (unpaired) electrons. The lowest BCUT2D eigenvalue weighted by molar-refractivity contribution is 0.139. The van der Waals surface area contributed by atoms with Crippen LogP contribution in [-0.2, 0) is 6.54 Å². The summed E-state index contributed by atoms with van der Waals surface area (Å²) in [4.78, 5) is 26.7. The highest BCUT2D eigenvalue weighted by molar-refractivity contribution is 9.09. The minimum absolute atomic E-state index is 0.131. The monoisotopic (exact) mass is 361 g/mol. The van der Waals surface area contributed by atoms with Crippen molar-refractivity contribution in [2.75, 3.05) is 18.5 Å². The van der Waals surface area contributed by atoms with E-state index in [1.165, 1.54) is 16.8 Å². The number of alkyl halides is 1. The summed E-state index contributed by atoms with van der Waals surface area (Å²) in [5, 5.41) is 21.5. The molecule has 21 heavy (non-hydrogen) atoms. The first-order valence-electron chi connectivity index (χ1n) is 6.22. The van der Waals surface area contributed by atoms with Gasteiger partial charge < -0.3 is 14.8 Å². The van der Waals surface area contributed by atoms with Crippen molar-refractivity contribution in [1.29, 1.82) is 0 Å². The third-order valence-electron chi connectivity index (χ3n) is 3.00. The highest BCUT2D eigenvalue weighted by Crippen LogP contribution is 2.07. The molecule has 0 saturated carbocycles. The van der Waals surface area contributed by atoms with Gasteiger partial charge in [-0.3, -0.25) is 9.36 Å². The van der Waals surface area contributed by atoms with E-state index >= 15 is 0 Å². The number of aliphatic hydroxyl groups excluding tert-OH is 2. The zero-order chi connectivity index (χ0) is 15.8. The van der Waals surface area contributed by atoms with Crippen LogP contribution in [0.5, 0.6) is 0 Å². The average Bonchev–Trinajstić information content (AvgIpc) is 2.49. The molecule has 1 rings (SSSR count). The highest BCUT2D eigenvalue weighted by Gasteiger charge is 2.15. The number of azide groups is 1. The molecule has 0 aliphatic heterocycles. The van der Waals surface area contributed by atoms with Crippen molar-refractivity contribution in [3.63, 3.8) is 0 Å². The summed E-state index contributed by atoms with van der Waals surface area (Å²) in [6.07, 6.45) is 0.772. The van der Waals surface area contributed by atoms with E-state index in [1.807, 2.05) is 0 Å². The Balaban J connectivity index is 3.12. The maximum atomic E-state index is 12.3. The van der Waals surface area contributed by atoms with Gasteiger partial charge in [-0.2, -0.15) is 0 Å². The molecular weight excluding hydrogens is 346 g/mol. The van der Waals surface area contributed by atoms with Crippen molar-refractivity contribution < 1.29 is 10.2 Å². The molecule has 10 heteroatoms. The Hall–Kier alpha value is -1.61. The van der Waals surface area contributed by atoms with E-state index in [0.29, 0.717) is 6.42 Å². The standard InChI is InChI=1S/C11H16BrN5O4/c12-5-9(14-15-13)17-10(20)2-4-16(11(17)21)3-1-8(6-18)7-19/h2,4,8-9,18-19H,1,3,5-7H2/t9-/m1/s1. The van der Waals surface area contributed by atoms with E-state index < -0.39 is 17.4 Å². The third-order valence-corrected chi connectivity index (χ3v) is 3.58. The van der Waals surface area contributed by atoms with Gasteiger partial charge in [0.2, 0.25) is 0 Å². The average molecular weight is 362 g/mol. The molecule has 1 aromatic heterocycles. The topological polar surface area (TPSA) is 133 Å². The highest BCUT2D eigenvalue weighted by atomic mass is 79.9. The molecule has 0 aliphatic carbocycles. The Morgan fingerprint density at radius 2 is 2.05 bits per heavy atom. The molecule has 0 amide bonds. The summed E-state index contributed by atoms with van der Waals surface area (Å²) in [5.41, 5.74) is 7.31. The summed E-state index contributed by atoms with van der Waals surface area (Å²) >= 11 is 3.09. The lowest BCUT2D eigenvalue weighted by Crippen LogP contribution is -2.41. The van der Waals surface area contributed by atoms with Gasteiger partial charge in [-0.05, 0) is 12.0 Å². The molecule has 2 N–H and O–H groups in total. The van der Waals surface area contributed by atoms with Crippen molar-refractivity contribution in [1.82, 2.24) is 9.13 Å². The Bertz CT molecular complexity index is 618. The summed E-state index contributed by atoms with van der Waals surface area (Å²) in [7, 11) is 0. The van der Waals surface area contributed by atoms with Crippen LogP contribution in [0.1, 0.15) is 12.6 Å². The SMILES string of the molecule is [N-]=[N+]=N[C@@H](CBr)n1c(=O)ccn(CCC(CO)CO)c1=O.